The molecule has 0 saturated carbocycles. The molecule has 2 aromatic carbocycles. The number of halogens is 1. The number of hydrogen-bond acceptors (Lipinski definition) is 7. The van der Waals surface area contributed by atoms with Gasteiger partial charge < -0.3 is 24.1 Å². The quantitative estimate of drug-likeness (QED) is 0.516. The topological polar surface area (TPSA) is 99.9 Å². The second kappa shape index (κ2) is 9.99. The molecule has 1 N–H and O–H groups in total. The van der Waals surface area contributed by atoms with Crippen LogP contribution < -0.4 is 14.8 Å². The molecule has 3 rings (SSSR count). The van der Waals surface area contributed by atoms with Crippen LogP contribution >= 0.6 is 11.6 Å². The maximum Gasteiger partial charge on any atom is 0.338 e. The van der Waals surface area contributed by atoms with Crippen LogP contribution in [0.25, 0.3) is 0 Å². The average Bonchev–Trinajstić information content (AvgIpc) is 3.08. The number of benzene rings is 2. The Hall–Kier alpha value is -3.52. The number of nitrogens with one attached hydrogen (secondary N) is 1. The molecular formula is C22H21ClN2O6. The van der Waals surface area contributed by atoms with Gasteiger partial charge in [-0.2, -0.15) is 0 Å². The zero-order valence-corrected chi connectivity index (χ0v) is 18.0. The second-order valence-electron chi connectivity index (χ2n) is 6.59. The summed E-state index contributed by atoms with van der Waals surface area (Å²) in [7, 11) is 1.47. The summed E-state index contributed by atoms with van der Waals surface area (Å²) < 4.78 is 21.1. The first-order chi connectivity index (χ1) is 14.9. The van der Waals surface area contributed by atoms with Crippen molar-refractivity contribution in [3.8, 4) is 11.5 Å². The molecule has 9 heteroatoms. The molecule has 0 aliphatic rings. The molecule has 0 bridgehead atoms. The molecule has 0 atom stereocenters. The van der Waals surface area contributed by atoms with Gasteiger partial charge in [-0.05, 0) is 50.2 Å². The van der Waals surface area contributed by atoms with E-state index in [1.54, 1.807) is 49.4 Å². The number of carbonyl (C=O) groups is 2. The van der Waals surface area contributed by atoms with Gasteiger partial charge >= 0.3 is 5.97 Å². The lowest BCUT2D eigenvalue weighted by Gasteiger charge is -2.11. The van der Waals surface area contributed by atoms with E-state index in [-0.39, 0.29) is 12.2 Å². The van der Waals surface area contributed by atoms with Gasteiger partial charge in [0.05, 0.1) is 29.6 Å². The van der Waals surface area contributed by atoms with E-state index in [2.05, 4.69) is 10.5 Å². The fraction of sp³-hybridized carbons (Fsp3) is 0.227. The van der Waals surface area contributed by atoms with Crippen LogP contribution in [0.5, 0.6) is 11.5 Å². The van der Waals surface area contributed by atoms with Gasteiger partial charge in [-0.25, -0.2) is 4.79 Å². The summed E-state index contributed by atoms with van der Waals surface area (Å²) in [5.41, 5.74) is 2.23. The Labute approximate surface area is 184 Å². The van der Waals surface area contributed by atoms with Crippen LogP contribution in [0.2, 0.25) is 5.02 Å². The molecule has 162 valence electrons. The van der Waals surface area contributed by atoms with Crippen LogP contribution in [-0.2, 0) is 16.1 Å². The average molecular weight is 445 g/mol. The number of esters is 1. The first-order valence-corrected chi connectivity index (χ1v) is 9.70. The number of aromatic nitrogens is 1. The van der Waals surface area contributed by atoms with Crippen molar-refractivity contribution in [1.82, 2.24) is 5.16 Å². The first-order valence-electron chi connectivity index (χ1n) is 9.32. The third-order valence-electron chi connectivity index (χ3n) is 4.40. The summed E-state index contributed by atoms with van der Waals surface area (Å²) >= 11 is 5.94. The Kier molecular flexibility index (Phi) is 7.15. The molecule has 1 amide bonds. The number of methoxy groups -OCH3 is 1. The molecule has 0 aliphatic heterocycles. The SMILES string of the molecule is COc1ccc(Cl)cc1NC(=O)COC(=O)c1cccc(OCc2c(C)noc2C)c1. The fourth-order valence-electron chi connectivity index (χ4n) is 2.75. The lowest BCUT2D eigenvalue weighted by Crippen LogP contribution is -2.21. The number of anilines is 1. The number of carbonyl (C=O) groups excluding carboxylic acids is 2. The Bertz CT molecular complexity index is 1080. The zero-order chi connectivity index (χ0) is 22.4. The highest BCUT2D eigenvalue weighted by Gasteiger charge is 2.14. The van der Waals surface area contributed by atoms with E-state index < -0.39 is 18.5 Å². The highest BCUT2D eigenvalue weighted by Crippen LogP contribution is 2.27. The van der Waals surface area contributed by atoms with Gasteiger partial charge in [-0.3, -0.25) is 4.79 Å². The van der Waals surface area contributed by atoms with Crippen molar-refractivity contribution >= 4 is 29.2 Å². The van der Waals surface area contributed by atoms with Crippen LogP contribution in [0.4, 0.5) is 5.69 Å². The normalized spacial score (nSPS) is 10.5. The third-order valence-corrected chi connectivity index (χ3v) is 4.64. The molecule has 1 aromatic heterocycles. The molecule has 0 saturated heterocycles. The molecular weight excluding hydrogens is 424 g/mol. The first kappa shape index (κ1) is 22.2. The van der Waals surface area contributed by atoms with Crippen LogP contribution in [0.1, 0.15) is 27.4 Å². The van der Waals surface area contributed by atoms with Gasteiger partial charge in [0.1, 0.15) is 23.9 Å². The summed E-state index contributed by atoms with van der Waals surface area (Å²) in [5, 5.41) is 6.91. The Morgan fingerprint density at radius 1 is 1.16 bits per heavy atom. The number of amides is 1. The predicted molar refractivity (Wildman–Crippen MR) is 114 cm³/mol. The van der Waals surface area contributed by atoms with Gasteiger partial charge in [0.15, 0.2) is 6.61 Å². The molecule has 0 unspecified atom stereocenters. The minimum atomic E-state index is -0.656. The third kappa shape index (κ3) is 5.76. The highest BCUT2D eigenvalue weighted by molar-refractivity contribution is 6.31. The standard InChI is InChI=1S/C22H21ClN2O6/c1-13-18(14(2)31-25-13)11-29-17-6-4-5-15(9-17)22(27)30-12-21(26)24-19-10-16(23)7-8-20(19)28-3/h4-10H,11-12H2,1-3H3,(H,24,26). The van der Waals surface area contributed by atoms with Gasteiger partial charge in [0, 0.05) is 5.02 Å². The van der Waals surface area contributed by atoms with Gasteiger partial charge in [-0.15, -0.1) is 0 Å². The summed E-state index contributed by atoms with van der Waals surface area (Å²) in [6, 6.07) is 11.3. The number of nitrogens with zero attached hydrogens (tertiary/aromatic N) is 1. The Balaban J connectivity index is 1.56. The second-order valence-corrected chi connectivity index (χ2v) is 7.02. The molecule has 31 heavy (non-hydrogen) atoms. The smallest absolute Gasteiger partial charge is 0.338 e. The van der Waals surface area contributed by atoms with E-state index in [0.29, 0.717) is 28.0 Å². The van der Waals surface area contributed by atoms with Gasteiger partial charge in [-0.1, -0.05) is 22.8 Å². The van der Waals surface area contributed by atoms with Crippen molar-refractivity contribution in [1.29, 1.82) is 0 Å². The molecule has 8 nitrogen and oxygen atoms in total. The summed E-state index contributed by atoms with van der Waals surface area (Å²) in [4.78, 5) is 24.5. The Morgan fingerprint density at radius 2 is 1.97 bits per heavy atom. The lowest BCUT2D eigenvalue weighted by atomic mass is 10.2. The van der Waals surface area contributed by atoms with Gasteiger partial charge in [0.25, 0.3) is 5.91 Å². The minimum Gasteiger partial charge on any atom is -0.495 e. The maximum absolute atomic E-state index is 12.3. The molecule has 0 aliphatic carbocycles. The molecule has 1 heterocycles. The number of hydrogen-bond donors (Lipinski definition) is 1. The zero-order valence-electron chi connectivity index (χ0n) is 17.2. The Morgan fingerprint density at radius 3 is 2.68 bits per heavy atom. The van der Waals surface area contributed by atoms with Gasteiger partial charge in [0.2, 0.25) is 0 Å². The number of rotatable bonds is 8. The highest BCUT2D eigenvalue weighted by atomic mass is 35.5. The summed E-state index contributed by atoms with van der Waals surface area (Å²) in [5.74, 6) is 0.404. The van der Waals surface area contributed by atoms with E-state index in [1.165, 1.54) is 7.11 Å². The van der Waals surface area contributed by atoms with Crippen molar-refractivity contribution in [3.05, 3.63) is 70.1 Å². The predicted octanol–water partition coefficient (Wildman–Crippen LogP) is 4.33. The van der Waals surface area contributed by atoms with E-state index >= 15 is 0 Å². The number of ether oxygens (including phenoxy) is 3. The van der Waals surface area contributed by atoms with Crippen molar-refractivity contribution in [2.45, 2.75) is 20.5 Å². The van der Waals surface area contributed by atoms with Crippen LogP contribution in [-0.4, -0.2) is 30.7 Å². The fourth-order valence-corrected chi connectivity index (χ4v) is 2.93. The lowest BCUT2D eigenvalue weighted by molar-refractivity contribution is -0.119. The van der Waals surface area contributed by atoms with E-state index in [0.717, 1.165) is 11.3 Å². The van der Waals surface area contributed by atoms with Crippen molar-refractivity contribution in [3.63, 3.8) is 0 Å². The van der Waals surface area contributed by atoms with Crippen LogP contribution in [0, 0.1) is 13.8 Å². The summed E-state index contributed by atoms with van der Waals surface area (Å²) in [6.45, 7) is 3.41. The van der Waals surface area contributed by atoms with Crippen LogP contribution in [0.3, 0.4) is 0 Å². The van der Waals surface area contributed by atoms with E-state index in [9.17, 15) is 9.59 Å². The summed E-state index contributed by atoms with van der Waals surface area (Å²) in [6.07, 6.45) is 0. The number of aryl methyl sites for hydroxylation is 2. The molecule has 0 fully saturated rings. The van der Waals surface area contributed by atoms with E-state index in [1.807, 2.05) is 6.92 Å². The molecule has 3 aromatic rings. The van der Waals surface area contributed by atoms with Crippen molar-refractivity contribution < 1.29 is 28.3 Å². The minimum absolute atomic E-state index is 0.254. The maximum atomic E-state index is 12.3. The largest absolute Gasteiger partial charge is 0.495 e. The van der Waals surface area contributed by atoms with Crippen LogP contribution in [0.15, 0.2) is 47.0 Å². The van der Waals surface area contributed by atoms with Crippen molar-refractivity contribution in [2.75, 3.05) is 19.0 Å². The molecule has 0 radical (unpaired) electrons. The molecule has 0 spiro atoms. The van der Waals surface area contributed by atoms with E-state index in [4.69, 9.17) is 30.3 Å². The van der Waals surface area contributed by atoms with Crippen molar-refractivity contribution in [2.24, 2.45) is 0 Å². The monoisotopic (exact) mass is 444 g/mol.